The third-order valence-corrected chi connectivity index (χ3v) is 3.55. The average molecular weight is 267 g/mol. The molecule has 3 nitrogen and oxygen atoms in total. The van der Waals surface area contributed by atoms with Gasteiger partial charge in [-0.15, -0.1) is 0 Å². The number of carbonyl (C=O) groups excluding carboxylic acids is 1. The lowest BCUT2D eigenvalue weighted by molar-refractivity contribution is -0.122. The fourth-order valence-electron chi connectivity index (χ4n) is 2.27. The molecule has 98 valence electrons. The fourth-order valence-corrected chi connectivity index (χ4v) is 2.48. The molecule has 2 N–H and O–H groups in total. The lowest BCUT2D eigenvalue weighted by atomic mass is 9.94. The summed E-state index contributed by atoms with van der Waals surface area (Å²) < 4.78 is 0. The van der Waals surface area contributed by atoms with E-state index in [1.54, 1.807) is 0 Å². The summed E-state index contributed by atoms with van der Waals surface area (Å²) in [5, 5.41) is 6.97. The van der Waals surface area contributed by atoms with E-state index in [-0.39, 0.29) is 5.91 Å². The molecule has 0 atom stereocenters. The number of amides is 1. The second-order valence-corrected chi connectivity index (χ2v) is 5.24. The summed E-state index contributed by atoms with van der Waals surface area (Å²) in [7, 11) is 0. The van der Waals surface area contributed by atoms with Crippen LogP contribution < -0.4 is 10.6 Å². The van der Waals surface area contributed by atoms with E-state index >= 15 is 0 Å². The highest BCUT2D eigenvalue weighted by Crippen LogP contribution is 2.16. The van der Waals surface area contributed by atoms with Crippen LogP contribution in [0.25, 0.3) is 0 Å². The van der Waals surface area contributed by atoms with Crippen LogP contribution in [0.4, 0.5) is 0 Å². The van der Waals surface area contributed by atoms with Crippen molar-refractivity contribution in [2.24, 2.45) is 5.92 Å². The van der Waals surface area contributed by atoms with E-state index in [2.05, 4.69) is 10.6 Å². The Bertz CT molecular complexity index is 403. The molecule has 1 aromatic carbocycles. The van der Waals surface area contributed by atoms with Crippen molar-refractivity contribution in [3.63, 3.8) is 0 Å². The number of hydrogen-bond donors (Lipinski definition) is 2. The highest BCUT2D eigenvalue weighted by Gasteiger charge is 2.16. The van der Waals surface area contributed by atoms with Gasteiger partial charge in [0, 0.05) is 18.0 Å². The second-order valence-electron chi connectivity index (χ2n) is 4.80. The normalized spacial score (nSPS) is 16.5. The van der Waals surface area contributed by atoms with Gasteiger partial charge in [-0.3, -0.25) is 4.79 Å². The monoisotopic (exact) mass is 266 g/mol. The van der Waals surface area contributed by atoms with E-state index in [9.17, 15) is 4.79 Å². The van der Waals surface area contributed by atoms with E-state index in [0.717, 1.165) is 31.5 Å². The molecule has 0 aliphatic carbocycles. The molecule has 1 saturated heterocycles. The summed E-state index contributed by atoms with van der Waals surface area (Å²) in [5.41, 5.74) is 1.04. The van der Waals surface area contributed by atoms with Gasteiger partial charge in [0.2, 0.25) is 5.91 Å². The molecule has 0 unspecified atom stereocenters. The molecular weight excluding hydrogens is 248 g/mol. The summed E-state index contributed by atoms with van der Waals surface area (Å²) in [6.45, 7) is 2.63. The van der Waals surface area contributed by atoms with Crippen molar-refractivity contribution in [1.29, 1.82) is 0 Å². The first-order chi connectivity index (χ1) is 8.74. The van der Waals surface area contributed by atoms with Crippen molar-refractivity contribution in [3.05, 3.63) is 34.9 Å². The van der Waals surface area contributed by atoms with Crippen LogP contribution in [0.2, 0.25) is 5.02 Å². The number of benzene rings is 1. The lowest BCUT2D eigenvalue weighted by Gasteiger charge is -2.21. The van der Waals surface area contributed by atoms with Crippen LogP contribution in [0.1, 0.15) is 24.8 Å². The third-order valence-electron chi connectivity index (χ3n) is 3.31. The van der Waals surface area contributed by atoms with Gasteiger partial charge in [0.1, 0.15) is 0 Å². The highest BCUT2D eigenvalue weighted by atomic mass is 35.5. The maximum atomic E-state index is 11.8. The summed E-state index contributed by atoms with van der Waals surface area (Å²) in [6.07, 6.45) is 2.84. The standard InChI is InChI=1S/C14H19ClN2O/c15-13-3-1-2-12(8-13)10-17-14(18)9-11-4-6-16-7-5-11/h1-3,8,11,16H,4-7,9-10H2,(H,17,18). The smallest absolute Gasteiger partial charge is 0.220 e. The fraction of sp³-hybridized carbons (Fsp3) is 0.500. The van der Waals surface area contributed by atoms with Crippen molar-refractivity contribution in [2.75, 3.05) is 13.1 Å². The molecule has 0 radical (unpaired) electrons. The maximum Gasteiger partial charge on any atom is 0.220 e. The number of rotatable bonds is 4. The number of nitrogens with one attached hydrogen (secondary N) is 2. The molecule has 1 aromatic rings. The summed E-state index contributed by atoms with van der Waals surface area (Å²) in [5.74, 6) is 0.674. The Morgan fingerprint density at radius 1 is 1.39 bits per heavy atom. The lowest BCUT2D eigenvalue weighted by Crippen LogP contribution is -2.32. The molecule has 1 amide bonds. The van der Waals surface area contributed by atoms with E-state index in [1.807, 2.05) is 24.3 Å². The van der Waals surface area contributed by atoms with Gasteiger partial charge in [0.25, 0.3) is 0 Å². The zero-order valence-electron chi connectivity index (χ0n) is 10.4. The van der Waals surface area contributed by atoms with E-state index in [0.29, 0.717) is 23.9 Å². The summed E-state index contributed by atoms with van der Waals surface area (Å²) >= 11 is 5.90. The maximum absolute atomic E-state index is 11.8. The summed E-state index contributed by atoms with van der Waals surface area (Å²) in [4.78, 5) is 11.8. The Labute approximate surface area is 113 Å². The predicted molar refractivity (Wildman–Crippen MR) is 73.5 cm³/mol. The topological polar surface area (TPSA) is 41.1 Å². The van der Waals surface area contributed by atoms with Crippen molar-refractivity contribution < 1.29 is 4.79 Å². The van der Waals surface area contributed by atoms with Gasteiger partial charge in [-0.25, -0.2) is 0 Å². The van der Waals surface area contributed by atoms with E-state index < -0.39 is 0 Å². The predicted octanol–water partition coefficient (Wildman–Crippen LogP) is 2.35. The third kappa shape index (κ3) is 4.31. The number of halogens is 1. The van der Waals surface area contributed by atoms with Crippen molar-refractivity contribution in [2.45, 2.75) is 25.8 Å². The number of carbonyl (C=O) groups is 1. The molecule has 0 spiro atoms. The Hall–Kier alpha value is -1.06. The molecule has 1 heterocycles. The molecule has 0 bridgehead atoms. The van der Waals surface area contributed by atoms with E-state index in [4.69, 9.17) is 11.6 Å². The minimum atomic E-state index is 0.141. The molecular formula is C14H19ClN2O. The second kappa shape index (κ2) is 6.76. The van der Waals surface area contributed by atoms with Gasteiger partial charge < -0.3 is 10.6 Å². The largest absolute Gasteiger partial charge is 0.352 e. The number of piperidine rings is 1. The first-order valence-corrected chi connectivity index (χ1v) is 6.83. The van der Waals surface area contributed by atoms with Crippen LogP contribution in [0, 0.1) is 5.92 Å². The van der Waals surface area contributed by atoms with Crippen LogP contribution >= 0.6 is 11.6 Å². The molecule has 4 heteroatoms. The minimum absolute atomic E-state index is 0.141. The first kappa shape index (κ1) is 13.4. The van der Waals surface area contributed by atoms with Gasteiger partial charge >= 0.3 is 0 Å². The highest BCUT2D eigenvalue weighted by molar-refractivity contribution is 6.30. The van der Waals surface area contributed by atoms with Crippen LogP contribution in [0.5, 0.6) is 0 Å². The van der Waals surface area contributed by atoms with Gasteiger partial charge in [-0.05, 0) is 49.5 Å². The Morgan fingerprint density at radius 3 is 2.89 bits per heavy atom. The van der Waals surface area contributed by atoms with Crippen LogP contribution in [0.15, 0.2) is 24.3 Å². The van der Waals surface area contributed by atoms with Gasteiger partial charge in [0.05, 0.1) is 0 Å². The molecule has 1 fully saturated rings. The zero-order valence-corrected chi connectivity index (χ0v) is 11.2. The van der Waals surface area contributed by atoms with Gasteiger partial charge in [0.15, 0.2) is 0 Å². The molecule has 1 aliphatic heterocycles. The Balaban J connectivity index is 1.74. The Morgan fingerprint density at radius 2 is 2.17 bits per heavy atom. The average Bonchev–Trinajstić information content (AvgIpc) is 2.38. The van der Waals surface area contributed by atoms with Crippen molar-refractivity contribution >= 4 is 17.5 Å². The molecule has 1 aliphatic rings. The minimum Gasteiger partial charge on any atom is -0.352 e. The molecule has 2 rings (SSSR count). The van der Waals surface area contributed by atoms with Crippen LogP contribution in [0.3, 0.4) is 0 Å². The van der Waals surface area contributed by atoms with Gasteiger partial charge in [-0.1, -0.05) is 23.7 Å². The van der Waals surface area contributed by atoms with Crippen molar-refractivity contribution in [1.82, 2.24) is 10.6 Å². The molecule has 0 aromatic heterocycles. The quantitative estimate of drug-likeness (QED) is 0.878. The van der Waals surface area contributed by atoms with Crippen LogP contribution in [-0.2, 0) is 11.3 Å². The van der Waals surface area contributed by atoms with Crippen LogP contribution in [-0.4, -0.2) is 19.0 Å². The molecule has 0 saturated carbocycles. The Kier molecular flexibility index (Phi) is 5.02. The SMILES string of the molecule is O=C(CC1CCNCC1)NCc1cccc(Cl)c1. The zero-order chi connectivity index (χ0) is 12.8. The first-order valence-electron chi connectivity index (χ1n) is 6.46. The molecule has 18 heavy (non-hydrogen) atoms. The van der Waals surface area contributed by atoms with Crippen molar-refractivity contribution in [3.8, 4) is 0 Å². The van der Waals surface area contributed by atoms with Gasteiger partial charge in [-0.2, -0.15) is 0 Å². The number of hydrogen-bond acceptors (Lipinski definition) is 2. The van der Waals surface area contributed by atoms with E-state index in [1.165, 1.54) is 0 Å². The summed E-state index contributed by atoms with van der Waals surface area (Å²) in [6, 6.07) is 7.58.